The molecule has 2 aromatic heterocycles. The van der Waals surface area contributed by atoms with Gasteiger partial charge in [-0.15, -0.1) is 11.3 Å². The zero-order valence-corrected chi connectivity index (χ0v) is 19.3. The van der Waals surface area contributed by atoms with Gasteiger partial charge in [0.25, 0.3) is 0 Å². The number of hydrogen-bond donors (Lipinski definition) is 2. The number of nitrogens with zero attached hydrogens (tertiary/aromatic N) is 4. The van der Waals surface area contributed by atoms with Gasteiger partial charge in [-0.3, -0.25) is 14.5 Å². The SMILES string of the molecule is Cc1csc(NC(=O)C2CCN(CC(=O)Nc3ccnn3Cc3ccccc3Cl)CC2)n1. The van der Waals surface area contributed by atoms with Crippen molar-refractivity contribution in [2.45, 2.75) is 26.3 Å². The summed E-state index contributed by atoms with van der Waals surface area (Å²) in [5.41, 5.74) is 1.83. The van der Waals surface area contributed by atoms with Crippen LogP contribution in [-0.2, 0) is 16.1 Å². The highest BCUT2D eigenvalue weighted by Crippen LogP contribution is 2.22. The van der Waals surface area contributed by atoms with E-state index >= 15 is 0 Å². The fourth-order valence-electron chi connectivity index (χ4n) is 3.71. The summed E-state index contributed by atoms with van der Waals surface area (Å²) in [6.07, 6.45) is 3.09. The summed E-state index contributed by atoms with van der Waals surface area (Å²) < 4.78 is 1.72. The van der Waals surface area contributed by atoms with Gasteiger partial charge in [0.1, 0.15) is 5.82 Å². The van der Waals surface area contributed by atoms with Crippen LogP contribution >= 0.6 is 22.9 Å². The second-order valence-corrected chi connectivity index (χ2v) is 9.11. The van der Waals surface area contributed by atoms with E-state index in [0.29, 0.717) is 48.4 Å². The number of carbonyl (C=O) groups is 2. The molecule has 168 valence electrons. The number of nitrogens with one attached hydrogen (secondary N) is 2. The Morgan fingerprint density at radius 1 is 1.19 bits per heavy atom. The number of hydrogen-bond acceptors (Lipinski definition) is 6. The van der Waals surface area contributed by atoms with Gasteiger partial charge in [-0.1, -0.05) is 29.8 Å². The summed E-state index contributed by atoms with van der Waals surface area (Å²) >= 11 is 7.68. The molecule has 8 nitrogen and oxygen atoms in total. The smallest absolute Gasteiger partial charge is 0.239 e. The van der Waals surface area contributed by atoms with Gasteiger partial charge in [-0.2, -0.15) is 5.10 Å². The monoisotopic (exact) mass is 472 g/mol. The van der Waals surface area contributed by atoms with Crippen molar-refractivity contribution >= 4 is 45.7 Å². The molecule has 1 fully saturated rings. The first-order chi connectivity index (χ1) is 15.5. The molecule has 4 rings (SSSR count). The van der Waals surface area contributed by atoms with E-state index in [-0.39, 0.29) is 24.3 Å². The first-order valence-electron chi connectivity index (χ1n) is 10.5. The van der Waals surface area contributed by atoms with Crippen LogP contribution in [0.3, 0.4) is 0 Å². The number of carbonyl (C=O) groups excluding carboxylic acids is 2. The third-order valence-electron chi connectivity index (χ3n) is 5.44. The normalized spacial score (nSPS) is 14.9. The van der Waals surface area contributed by atoms with Crippen molar-refractivity contribution in [3.8, 4) is 0 Å². The number of anilines is 2. The van der Waals surface area contributed by atoms with Crippen LogP contribution < -0.4 is 10.6 Å². The average Bonchev–Trinajstić information content (AvgIpc) is 3.38. The van der Waals surface area contributed by atoms with E-state index in [1.165, 1.54) is 11.3 Å². The molecule has 3 heterocycles. The van der Waals surface area contributed by atoms with Crippen LogP contribution in [0, 0.1) is 12.8 Å². The number of benzene rings is 1. The van der Waals surface area contributed by atoms with Crippen LogP contribution in [0.15, 0.2) is 41.9 Å². The number of halogens is 1. The molecule has 0 unspecified atom stereocenters. The van der Waals surface area contributed by atoms with Crippen LogP contribution in [0.25, 0.3) is 0 Å². The van der Waals surface area contributed by atoms with Crippen LogP contribution in [0.1, 0.15) is 24.1 Å². The van der Waals surface area contributed by atoms with Crippen LogP contribution in [0.5, 0.6) is 0 Å². The van der Waals surface area contributed by atoms with E-state index in [1.54, 1.807) is 16.9 Å². The molecule has 2 N–H and O–H groups in total. The quantitative estimate of drug-likeness (QED) is 0.547. The molecule has 0 bridgehead atoms. The Balaban J connectivity index is 1.25. The maximum Gasteiger partial charge on any atom is 0.239 e. The van der Waals surface area contributed by atoms with Crippen LogP contribution in [0.2, 0.25) is 5.02 Å². The molecule has 0 radical (unpaired) electrons. The van der Waals surface area contributed by atoms with Crippen LogP contribution in [-0.4, -0.2) is 51.1 Å². The summed E-state index contributed by atoms with van der Waals surface area (Å²) in [5.74, 6) is 0.470. The Labute approximate surface area is 195 Å². The van der Waals surface area contributed by atoms with Gasteiger partial charge in [-0.25, -0.2) is 9.67 Å². The number of likely N-dealkylation sites (tertiary alicyclic amines) is 1. The molecule has 0 spiro atoms. The third-order valence-corrected chi connectivity index (χ3v) is 6.68. The number of piperidine rings is 1. The van der Waals surface area contributed by atoms with Gasteiger partial charge < -0.3 is 10.6 Å². The minimum atomic E-state index is -0.105. The highest BCUT2D eigenvalue weighted by atomic mass is 35.5. The fourth-order valence-corrected chi connectivity index (χ4v) is 4.60. The molecule has 1 aliphatic rings. The Morgan fingerprint density at radius 3 is 2.69 bits per heavy atom. The molecule has 1 saturated heterocycles. The number of aromatic nitrogens is 3. The second-order valence-electron chi connectivity index (χ2n) is 7.85. The first kappa shape index (κ1) is 22.4. The third kappa shape index (κ3) is 5.73. The van der Waals surface area contributed by atoms with E-state index in [2.05, 4.69) is 25.6 Å². The number of rotatable bonds is 7. The highest BCUT2D eigenvalue weighted by molar-refractivity contribution is 7.13. The van der Waals surface area contributed by atoms with Crippen molar-refractivity contribution in [1.82, 2.24) is 19.7 Å². The molecule has 1 aromatic carbocycles. The largest absolute Gasteiger partial charge is 0.310 e. The molecule has 2 amide bonds. The fraction of sp³-hybridized carbons (Fsp3) is 0.364. The average molecular weight is 473 g/mol. The van der Waals surface area contributed by atoms with E-state index in [9.17, 15) is 9.59 Å². The number of amides is 2. The Bertz CT molecular complexity index is 1090. The lowest BCUT2D eigenvalue weighted by Crippen LogP contribution is -2.42. The molecule has 32 heavy (non-hydrogen) atoms. The van der Waals surface area contributed by atoms with E-state index in [0.717, 1.165) is 11.3 Å². The Morgan fingerprint density at radius 2 is 1.97 bits per heavy atom. The summed E-state index contributed by atoms with van der Waals surface area (Å²) in [5, 5.41) is 13.4. The van der Waals surface area contributed by atoms with Crippen molar-refractivity contribution in [3.05, 3.63) is 58.2 Å². The summed E-state index contributed by atoms with van der Waals surface area (Å²) in [6, 6.07) is 9.34. The van der Waals surface area contributed by atoms with E-state index < -0.39 is 0 Å². The first-order valence-corrected chi connectivity index (χ1v) is 11.7. The molecular weight excluding hydrogens is 448 g/mol. The maximum atomic E-state index is 12.6. The minimum Gasteiger partial charge on any atom is -0.310 e. The van der Waals surface area contributed by atoms with Crippen LogP contribution in [0.4, 0.5) is 10.9 Å². The van der Waals surface area contributed by atoms with Gasteiger partial charge in [0, 0.05) is 22.4 Å². The highest BCUT2D eigenvalue weighted by Gasteiger charge is 2.26. The maximum absolute atomic E-state index is 12.6. The lowest BCUT2D eigenvalue weighted by Gasteiger charge is -2.30. The van der Waals surface area contributed by atoms with Gasteiger partial charge in [0.15, 0.2) is 5.13 Å². The predicted molar refractivity (Wildman–Crippen MR) is 126 cm³/mol. The molecule has 10 heteroatoms. The summed E-state index contributed by atoms with van der Waals surface area (Å²) in [7, 11) is 0. The lowest BCUT2D eigenvalue weighted by molar-refractivity contribution is -0.121. The summed E-state index contributed by atoms with van der Waals surface area (Å²) in [4.78, 5) is 31.4. The molecule has 0 aliphatic carbocycles. The Hall–Kier alpha value is -2.75. The lowest BCUT2D eigenvalue weighted by atomic mass is 9.96. The van der Waals surface area contributed by atoms with Crippen molar-refractivity contribution < 1.29 is 9.59 Å². The predicted octanol–water partition coefficient (Wildman–Crippen LogP) is 3.64. The molecule has 0 atom stereocenters. The van der Waals surface area contributed by atoms with Gasteiger partial charge >= 0.3 is 0 Å². The van der Waals surface area contributed by atoms with Gasteiger partial charge in [0.05, 0.1) is 25.0 Å². The molecule has 0 saturated carbocycles. The van der Waals surface area contributed by atoms with Crippen molar-refractivity contribution in [2.75, 3.05) is 30.3 Å². The topological polar surface area (TPSA) is 92.2 Å². The Kier molecular flexibility index (Phi) is 7.19. The standard InChI is InChI=1S/C22H25ClN6O2S/c1-15-14-32-22(25-15)27-21(31)16-7-10-28(11-8-16)13-20(30)26-19-6-9-24-29(19)12-17-4-2-3-5-18(17)23/h2-6,9,14,16H,7-8,10-13H2,1H3,(H,26,30)(H,25,27,31). The zero-order valence-electron chi connectivity index (χ0n) is 17.8. The summed E-state index contributed by atoms with van der Waals surface area (Å²) in [6.45, 7) is 4.04. The second kappa shape index (κ2) is 10.2. The molecule has 3 aromatic rings. The van der Waals surface area contributed by atoms with Gasteiger partial charge in [-0.05, 0) is 44.5 Å². The van der Waals surface area contributed by atoms with Crippen molar-refractivity contribution in [1.29, 1.82) is 0 Å². The van der Waals surface area contributed by atoms with Crippen molar-refractivity contribution in [3.63, 3.8) is 0 Å². The molecular formula is C22H25ClN6O2S. The number of aryl methyl sites for hydroxylation is 1. The molecule has 1 aliphatic heterocycles. The zero-order chi connectivity index (χ0) is 22.5. The number of thiazole rings is 1. The van der Waals surface area contributed by atoms with E-state index in [4.69, 9.17) is 11.6 Å². The van der Waals surface area contributed by atoms with Gasteiger partial charge in [0.2, 0.25) is 11.8 Å². The van der Waals surface area contributed by atoms with Crippen molar-refractivity contribution in [2.24, 2.45) is 5.92 Å². The van der Waals surface area contributed by atoms with E-state index in [1.807, 2.05) is 36.6 Å². The minimum absolute atomic E-state index is 0.00641.